The number of hydrogen-bond acceptors (Lipinski definition) is 1. The van der Waals surface area contributed by atoms with Crippen LogP contribution in [0.4, 0.5) is 17.1 Å². The monoisotopic (exact) mass is 904 g/mol. The number of benzene rings is 11. The first kappa shape index (κ1) is 41.9. The van der Waals surface area contributed by atoms with Gasteiger partial charge in [-0.2, -0.15) is 0 Å². The van der Waals surface area contributed by atoms with E-state index < -0.39 is 5.41 Å². The first-order valence-corrected chi connectivity index (χ1v) is 24.5. The van der Waals surface area contributed by atoms with Crippen molar-refractivity contribution in [3.8, 4) is 61.5 Å². The average molecular weight is 905 g/mol. The highest BCUT2D eigenvalue weighted by atomic mass is 15.1. The minimum Gasteiger partial charge on any atom is -0.310 e. The number of fused-ring (bicyclic) bond motifs is 4. The molecule has 2 heteroatoms. The molecule has 71 heavy (non-hydrogen) atoms. The molecule has 12 aromatic rings. The molecule has 0 fully saturated rings. The maximum absolute atomic E-state index is 2.45. The Morgan fingerprint density at radius 3 is 1.30 bits per heavy atom. The van der Waals surface area contributed by atoms with Crippen LogP contribution in [0.3, 0.4) is 0 Å². The lowest BCUT2D eigenvalue weighted by molar-refractivity contribution is 0.768. The van der Waals surface area contributed by atoms with Crippen LogP contribution in [-0.4, -0.2) is 4.57 Å². The standard InChI is InChI=1S/C69H48N2/c1-6-20-49(21-7-1)50-34-40-57(41-35-50)70(60-46-47-62-61-30-16-18-32-64(61)69(65(62)48-60,55-26-12-4-13-27-55)56-28-14-5-15-29-56)58-42-36-51(37-43-58)52-38-44-59(45-39-52)71-66-33-19-17-31-63(66)67(53-22-8-2-9-23-53)68(71)54-24-10-3-11-25-54/h1-48H. The molecule has 11 aromatic carbocycles. The third-order valence-electron chi connectivity index (χ3n) is 14.5. The van der Waals surface area contributed by atoms with Gasteiger partial charge in [0.05, 0.1) is 16.6 Å². The predicted molar refractivity (Wildman–Crippen MR) is 297 cm³/mol. The van der Waals surface area contributed by atoms with E-state index >= 15 is 0 Å². The highest BCUT2D eigenvalue weighted by molar-refractivity contribution is 6.06. The van der Waals surface area contributed by atoms with Crippen LogP contribution in [0.25, 0.3) is 72.4 Å². The first-order valence-electron chi connectivity index (χ1n) is 24.5. The fraction of sp³-hybridized carbons (Fsp3) is 0.0145. The first-order chi connectivity index (χ1) is 35.2. The quantitative estimate of drug-likeness (QED) is 0.133. The molecule has 0 saturated carbocycles. The second-order valence-corrected chi connectivity index (χ2v) is 18.4. The van der Waals surface area contributed by atoms with Crippen molar-refractivity contribution in [1.29, 1.82) is 0 Å². The van der Waals surface area contributed by atoms with Crippen molar-refractivity contribution in [2.45, 2.75) is 5.41 Å². The summed E-state index contributed by atoms with van der Waals surface area (Å²) in [5.74, 6) is 0. The van der Waals surface area contributed by atoms with Gasteiger partial charge >= 0.3 is 0 Å². The Balaban J connectivity index is 0.925. The van der Waals surface area contributed by atoms with Crippen molar-refractivity contribution in [2.24, 2.45) is 0 Å². The van der Waals surface area contributed by atoms with E-state index in [2.05, 4.69) is 301 Å². The van der Waals surface area contributed by atoms with Gasteiger partial charge < -0.3 is 9.47 Å². The molecule has 2 nitrogen and oxygen atoms in total. The maximum Gasteiger partial charge on any atom is 0.0714 e. The summed E-state index contributed by atoms with van der Waals surface area (Å²) >= 11 is 0. The summed E-state index contributed by atoms with van der Waals surface area (Å²) in [5, 5.41) is 1.23. The van der Waals surface area contributed by atoms with Gasteiger partial charge in [-0.1, -0.05) is 237 Å². The van der Waals surface area contributed by atoms with Gasteiger partial charge in [0, 0.05) is 33.7 Å². The molecule has 13 rings (SSSR count). The summed E-state index contributed by atoms with van der Waals surface area (Å²) in [6, 6.07) is 106. The van der Waals surface area contributed by atoms with Gasteiger partial charge in [0.25, 0.3) is 0 Å². The summed E-state index contributed by atoms with van der Waals surface area (Å²) in [7, 11) is 0. The van der Waals surface area contributed by atoms with E-state index in [-0.39, 0.29) is 0 Å². The molecule has 0 unspecified atom stereocenters. The Morgan fingerprint density at radius 1 is 0.296 bits per heavy atom. The lowest BCUT2D eigenvalue weighted by atomic mass is 9.67. The molecule has 1 aliphatic rings. The smallest absolute Gasteiger partial charge is 0.0714 e. The molecule has 1 heterocycles. The minimum atomic E-state index is -0.513. The van der Waals surface area contributed by atoms with Crippen LogP contribution in [0, 0.1) is 0 Å². The molecule has 0 amide bonds. The summed E-state index contributed by atoms with van der Waals surface area (Å²) in [6.45, 7) is 0. The Kier molecular flexibility index (Phi) is 10.4. The van der Waals surface area contributed by atoms with Crippen LogP contribution in [-0.2, 0) is 5.41 Å². The molecule has 0 bridgehead atoms. The van der Waals surface area contributed by atoms with Crippen LogP contribution in [0.15, 0.2) is 291 Å². The van der Waals surface area contributed by atoms with E-state index in [1.54, 1.807) is 0 Å². The minimum absolute atomic E-state index is 0.513. The number of aromatic nitrogens is 1. The number of para-hydroxylation sites is 1. The van der Waals surface area contributed by atoms with E-state index in [9.17, 15) is 0 Å². The fourth-order valence-electron chi connectivity index (χ4n) is 11.3. The Hall–Kier alpha value is -9.24. The number of nitrogens with zero attached hydrogens (tertiary/aromatic N) is 2. The lowest BCUT2D eigenvalue weighted by Crippen LogP contribution is -2.28. The van der Waals surface area contributed by atoms with E-state index in [0.29, 0.717) is 0 Å². The topological polar surface area (TPSA) is 8.17 Å². The van der Waals surface area contributed by atoms with Crippen LogP contribution in [0.2, 0.25) is 0 Å². The van der Waals surface area contributed by atoms with Gasteiger partial charge in [-0.05, 0) is 121 Å². The van der Waals surface area contributed by atoms with Crippen molar-refractivity contribution < 1.29 is 0 Å². The van der Waals surface area contributed by atoms with Gasteiger partial charge in [-0.3, -0.25) is 0 Å². The summed E-state index contributed by atoms with van der Waals surface area (Å²) in [6.07, 6.45) is 0. The lowest BCUT2D eigenvalue weighted by Gasteiger charge is -2.35. The second-order valence-electron chi connectivity index (χ2n) is 18.4. The van der Waals surface area contributed by atoms with Crippen molar-refractivity contribution in [3.63, 3.8) is 0 Å². The van der Waals surface area contributed by atoms with Crippen molar-refractivity contribution in [2.75, 3.05) is 4.90 Å². The summed E-state index contributed by atoms with van der Waals surface area (Å²) < 4.78 is 2.43. The highest BCUT2D eigenvalue weighted by Gasteiger charge is 2.46. The maximum atomic E-state index is 2.45. The van der Waals surface area contributed by atoms with Gasteiger partial charge in [-0.25, -0.2) is 0 Å². The molecule has 0 radical (unpaired) electrons. The zero-order valence-corrected chi connectivity index (χ0v) is 39.1. The van der Waals surface area contributed by atoms with Gasteiger partial charge in [0.15, 0.2) is 0 Å². The molecule has 0 aliphatic heterocycles. The van der Waals surface area contributed by atoms with Gasteiger partial charge in [0.2, 0.25) is 0 Å². The van der Waals surface area contributed by atoms with Gasteiger partial charge in [0.1, 0.15) is 0 Å². The average Bonchev–Trinajstić information content (AvgIpc) is 3.96. The van der Waals surface area contributed by atoms with Crippen molar-refractivity contribution in [1.82, 2.24) is 4.57 Å². The molecule has 334 valence electrons. The molecule has 0 atom stereocenters. The number of rotatable bonds is 10. The molecular formula is C69H48N2. The SMILES string of the molecule is c1ccc(-c2ccc(N(c3ccc(-c4ccc(-n5c(-c6ccccc6)c(-c6ccccc6)c6ccccc65)cc4)cc3)c3ccc4c(c3)C(c3ccccc3)(c3ccccc3)c3ccccc3-4)cc2)cc1. The Labute approximate surface area is 415 Å². The van der Waals surface area contributed by atoms with Gasteiger partial charge in [-0.15, -0.1) is 0 Å². The molecule has 1 aliphatic carbocycles. The Bertz CT molecular complexity index is 3770. The zero-order valence-electron chi connectivity index (χ0n) is 39.1. The summed E-state index contributed by atoms with van der Waals surface area (Å²) in [5.41, 5.74) is 22.2. The summed E-state index contributed by atoms with van der Waals surface area (Å²) in [4.78, 5) is 2.41. The number of anilines is 3. The van der Waals surface area contributed by atoms with Crippen molar-refractivity contribution in [3.05, 3.63) is 313 Å². The third-order valence-corrected chi connectivity index (χ3v) is 14.5. The van der Waals surface area contributed by atoms with Crippen LogP contribution >= 0.6 is 0 Å². The zero-order chi connectivity index (χ0) is 47.1. The number of hydrogen-bond donors (Lipinski definition) is 0. The normalized spacial score (nSPS) is 12.3. The molecule has 0 spiro atoms. The molecule has 0 saturated heterocycles. The Morgan fingerprint density at radius 2 is 0.718 bits per heavy atom. The van der Waals surface area contributed by atoms with Crippen LogP contribution in [0.5, 0.6) is 0 Å². The third kappa shape index (κ3) is 7.11. The largest absolute Gasteiger partial charge is 0.310 e. The van der Waals surface area contributed by atoms with E-state index in [1.165, 1.54) is 77.8 Å². The molecule has 1 aromatic heterocycles. The van der Waals surface area contributed by atoms with Crippen molar-refractivity contribution >= 4 is 28.0 Å². The van der Waals surface area contributed by atoms with E-state index in [1.807, 2.05) is 0 Å². The second kappa shape index (κ2) is 17.7. The van der Waals surface area contributed by atoms with Crippen LogP contribution in [0.1, 0.15) is 22.3 Å². The molecular weight excluding hydrogens is 857 g/mol. The molecule has 0 N–H and O–H groups in total. The fourth-order valence-corrected chi connectivity index (χ4v) is 11.3. The van der Waals surface area contributed by atoms with Crippen LogP contribution < -0.4 is 4.90 Å². The van der Waals surface area contributed by atoms with E-state index in [0.717, 1.165) is 33.9 Å². The highest BCUT2D eigenvalue weighted by Crippen LogP contribution is 2.57. The predicted octanol–water partition coefficient (Wildman–Crippen LogP) is 18.1. The van der Waals surface area contributed by atoms with E-state index in [4.69, 9.17) is 0 Å².